The van der Waals surface area contributed by atoms with Gasteiger partial charge in [-0.1, -0.05) is 23.7 Å². The quantitative estimate of drug-likeness (QED) is 0.505. The molecule has 34 heavy (non-hydrogen) atoms. The van der Waals surface area contributed by atoms with Crippen LogP contribution in [0.3, 0.4) is 0 Å². The molecular formula is C26H24ClN3O4. The van der Waals surface area contributed by atoms with Crippen molar-refractivity contribution in [1.29, 1.82) is 0 Å². The third kappa shape index (κ3) is 3.67. The maximum absolute atomic E-state index is 13.7. The molecule has 7 nitrogen and oxygen atoms in total. The number of benzene rings is 3. The normalized spacial score (nSPS) is 21.7. The van der Waals surface area contributed by atoms with Gasteiger partial charge in [-0.25, -0.2) is 9.96 Å². The van der Waals surface area contributed by atoms with Crippen molar-refractivity contribution in [1.82, 2.24) is 0 Å². The summed E-state index contributed by atoms with van der Waals surface area (Å²) in [6, 6.07) is 21.5. The predicted molar refractivity (Wildman–Crippen MR) is 131 cm³/mol. The minimum absolute atomic E-state index is 0.293. The van der Waals surface area contributed by atoms with Crippen LogP contribution in [0.15, 0.2) is 72.8 Å². The van der Waals surface area contributed by atoms with Gasteiger partial charge in [-0.05, 0) is 66.2 Å². The highest BCUT2D eigenvalue weighted by molar-refractivity contribution is 6.30. The number of amides is 2. The number of fused-ring (bicyclic) bond motifs is 1. The van der Waals surface area contributed by atoms with Crippen molar-refractivity contribution >= 4 is 40.5 Å². The molecule has 3 atom stereocenters. The molecule has 2 amide bonds. The lowest BCUT2D eigenvalue weighted by Gasteiger charge is -2.29. The van der Waals surface area contributed by atoms with Gasteiger partial charge in [0.1, 0.15) is 11.7 Å². The second-order valence-corrected chi connectivity index (χ2v) is 8.93. The molecule has 2 aliphatic heterocycles. The van der Waals surface area contributed by atoms with Crippen LogP contribution >= 0.6 is 11.6 Å². The molecule has 2 fully saturated rings. The number of halogens is 1. The Morgan fingerprint density at radius 3 is 2.06 bits per heavy atom. The third-order valence-electron chi connectivity index (χ3n) is 6.28. The molecule has 174 valence electrons. The number of anilines is 3. The Balaban J connectivity index is 1.55. The fourth-order valence-electron chi connectivity index (χ4n) is 4.52. The van der Waals surface area contributed by atoms with E-state index in [1.54, 1.807) is 48.6 Å². The van der Waals surface area contributed by atoms with Crippen molar-refractivity contribution in [2.75, 3.05) is 36.1 Å². The standard InChI is InChI=1S/C26H24ClN3O4/c1-28(2)18-8-4-16(5-9-18)23-22-24(34-30(23)20-10-6-17(27)7-11-20)26(32)29(25(22)31)19-12-14-21(33-3)15-13-19/h4-15,22-24H,1-3H3/t22-,23-,24+/m0/s1. The number of hydrogen-bond donors (Lipinski definition) is 0. The van der Waals surface area contributed by atoms with E-state index in [-0.39, 0.29) is 11.8 Å². The number of ether oxygens (including phenoxy) is 1. The number of imide groups is 1. The third-order valence-corrected chi connectivity index (χ3v) is 6.53. The SMILES string of the molecule is COc1ccc(N2C(=O)[C@@H]3[C@@H](ON(c4ccc(Cl)cc4)[C@H]3c3ccc(N(C)C)cc3)C2=O)cc1. The first kappa shape index (κ1) is 22.3. The minimum Gasteiger partial charge on any atom is -0.497 e. The van der Waals surface area contributed by atoms with Gasteiger partial charge in [0, 0.05) is 24.8 Å². The van der Waals surface area contributed by atoms with Crippen molar-refractivity contribution in [3.05, 3.63) is 83.4 Å². The highest BCUT2D eigenvalue weighted by Crippen LogP contribution is 2.48. The van der Waals surface area contributed by atoms with Gasteiger partial charge >= 0.3 is 0 Å². The lowest BCUT2D eigenvalue weighted by atomic mass is 9.90. The van der Waals surface area contributed by atoms with E-state index in [0.717, 1.165) is 16.9 Å². The Morgan fingerprint density at radius 2 is 1.47 bits per heavy atom. The molecule has 0 bridgehead atoms. The molecular weight excluding hydrogens is 454 g/mol. The van der Waals surface area contributed by atoms with Crippen LogP contribution in [-0.2, 0) is 14.4 Å². The second-order valence-electron chi connectivity index (χ2n) is 8.49. The maximum atomic E-state index is 13.7. The van der Waals surface area contributed by atoms with Crippen molar-refractivity contribution in [3.8, 4) is 5.75 Å². The van der Waals surface area contributed by atoms with E-state index in [0.29, 0.717) is 16.5 Å². The zero-order valence-corrected chi connectivity index (χ0v) is 19.8. The fraction of sp³-hybridized carbons (Fsp3) is 0.231. The molecule has 2 saturated heterocycles. The molecule has 3 aromatic rings. The van der Waals surface area contributed by atoms with Crippen molar-refractivity contribution in [2.45, 2.75) is 12.1 Å². The summed E-state index contributed by atoms with van der Waals surface area (Å²) < 4.78 is 5.20. The summed E-state index contributed by atoms with van der Waals surface area (Å²) in [7, 11) is 5.50. The van der Waals surface area contributed by atoms with Crippen molar-refractivity contribution < 1.29 is 19.2 Å². The number of hydroxylamine groups is 1. The van der Waals surface area contributed by atoms with Crippen LogP contribution in [0.25, 0.3) is 0 Å². The smallest absolute Gasteiger partial charge is 0.266 e. The number of carbonyl (C=O) groups excluding carboxylic acids is 2. The average molecular weight is 478 g/mol. The summed E-state index contributed by atoms with van der Waals surface area (Å²) in [6.07, 6.45) is -0.927. The monoisotopic (exact) mass is 477 g/mol. The van der Waals surface area contributed by atoms with E-state index in [2.05, 4.69) is 0 Å². The first-order valence-corrected chi connectivity index (χ1v) is 11.3. The van der Waals surface area contributed by atoms with E-state index in [4.69, 9.17) is 21.2 Å². The van der Waals surface area contributed by atoms with Gasteiger partial charge < -0.3 is 9.64 Å². The van der Waals surface area contributed by atoms with E-state index >= 15 is 0 Å². The van der Waals surface area contributed by atoms with Crippen LogP contribution in [0.2, 0.25) is 5.02 Å². The number of hydrogen-bond acceptors (Lipinski definition) is 6. The Bertz CT molecular complexity index is 1210. The molecule has 0 spiro atoms. The first-order valence-electron chi connectivity index (χ1n) is 10.9. The molecule has 0 radical (unpaired) electrons. The van der Waals surface area contributed by atoms with Crippen molar-refractivity contribution in [3.63, 3.8) is 0 Å². The van der Waals surface area contributed by atoms with E-state index < -0.39 is 18.1 Å². The highest BCUT2D eigenvalue weighted by Gasteiger charge is 2.60. The average Bonchev–Trinajstić information content (AvgIpc) is 3.35. The van der Waals surface area contributed by atoms with Crippen LogP contribution in [0.4, 0.5) is 17.1 Å². The highest BCUT2D eigenvalue weighted by atomic mass is 35.5. The van der Waals surface area contributed by atoms with E-state index in [1.807, 2.05) is 55.4 Å². The van der Waals surface area contributed by atoms with Gasteiger partial charge in [0.25, 0.3) is 5.91 Å². The summed E-state index contributed by atoms with van der Waals surface area (Å²) >= 11 is 6.08. The fourth-order valence-corrected chi connectivity index (χ4v) is 4.65. The molecule has 0 saturated carbocycles. The largest absolute Gasteiger partial charge is 0.497 e. The van der Waals surface area contributed by atoms with Crippen LogP contribution < -0.4 is 19.6 Å². The molecule has 2 aliphatic rings. The van der Waals surface area contributed by atoms with E-state index in [9.17, 15) is 9.59 Å². The molecule has 0 aromatic heterocycles. The maximum Gasteiger partial charge on any atom is 0.266 e. The number of methoxy groups -OCH3 is 1. The second kappa shape index (κ2) is 8.66. The van der Waals surface area contributed by atoms with Gasteiger partial charge in [-0.2, -0.15) is 0 Å². The van der Waals surface area contributed by atoms with Gasteiger partial charge in [0.05, 0.1) is 24.5 Å². The van der Waals surface area contributed by atoms with Crippen LogP contribution in [0.1, 0.15) is 11.6 Å². The molecule has 2 heterocycles. The molecule has 5 rings (SSSR count). The Hall–Kier alpha value is -3.55. The zero-order valence-electron chi connectivity index (χ0n) is 19.0. The number of carbonyl (C=O) groups is 2. The van der Waals surface area contributed by atoms with Crippen LogP contribution in [-0.4, -0.2) is 39.1 Å². The summed E-state index contributed by atoms with van der Waals surface area (Å²) in [5, 5.41) is 2.25. The number of rotatable bonds is 5. The zero-order chi connectivity index (χ0) is 24.0. The Labute approximate surface area is 203 Å². The summed E-state index contributed by atoms with van der Waals surface area (Å²) in [5.41, 5.74) is 3.13. The topological polar surface area (TPSA) is 62.3 Å². The summed E-state index contributed by atoms with van der Waals surface area (Å²) in [6.45, 7) is 0. The molecule has 8 heteroatoms. The molecule has 3 aromatic carbocycles. The molecule has 0 aliphatic carbocycles. The van der Waals surface area contributed by atoms with Crippen molar-refractivity contribution in [2.24, 2.45) is 5.92 Å². The van der Waals surface area contributed by atoms with Gasteiger partial charge in [-0.3, -0.25) is 14.4 Å². The first-order chi connectivity index (χ1) is 16.4. The van der Waals surface area contributed by atoms with Gasteiger partial charge in [0.15, 0.2) is 6.10 Å². The van der Waals surface area contributed by atoms with Crippen LogP contribution in [0, 0.1) is 5.92 Å². The van der Waals surface area contributed by atoms with Gasteiger partial charge in [-0.15, -0.1) is 0 Å². The Morgan fingerprint density at radius 1 is 0.853 bits per heavy atom. The predicted octanol–water partition coefficient (Wildman–Crippen LogP) is 4.47. The molecule has 0 N–H and O–H groups in total. The minimum atomic E-state index is -0.927. The molecule has 0 unspecified atom stereocenters. The summed E-state index contributed by atoms with van der Waals surface area (Å²) in [4.78, 5) is 36.5. The lowest BCUT2D eigenvalue weighted by Crippen LogP contribution is -2.37. The van der Waals surface area contributed by atoms with Crippen LogP contribution in [0.5, 0.6) is 5.75 Å². The van der Waals surface area contributed by atoms with Gasteiger partial charge in [0.2, 0.25) is 5.91 Å². The summed E-state index contributed by atoms with van der Waals surface area (Å²) in [5.74, 6) is -0.729. The van der Waals surface area contributed by atoms with E-state index in [1.165, 1.54) is 4.90 Å². The number of nitrogens with zero attached hydrogens (tertiary/aromatic N) is 3. The Kier molecular flexibility index (Phi) is 5.67. The lowest BCUT2D eigenvalue weighted by molar-refractivity contribution is -0.126.